The van der Waals surface area contributed by atoms with Crippen LogP contribution in [0.5, 0.6) is 0 Å². The second kappa shape index (κ2) is 6.84. The van der Waals surface area contributed by atoms with Gasteiger partial charge in [-0.2, -0.15) is 4.68 Å². The van der Waals surface area contributed by atoms with Crippen LogP contribution in [0.3, 0.4) is 0 Å². The average molecular weight is 365 g/mol. The Kier molecular flexibility index (Phi) is 4.38. The van der Waals surface area contributed by atoms with Gasteiger partial charge in [0.1, 0.15) is 5.82 Å². The number of tetrazole rings is 1. The van der Waals surface area contributed by atoms with Gasteiger partial charge in [-0.25, -0.2) is 4.39 Å². The molecule has 0 aliphatic rings. The molecular weight excluding hydrogens is 349 g/mol. The molecule has 0 saturated carbocycles. The lowest BCUT2D eigenvalue weighted by molar-refractivity contribution is 0.628. The maximum absolute atomic E-state index is 13.9. The van der Waals surface area contributed by atoms with Gasteiger partial charge in [-0.05, 0) is 59.2 Å². The van der Waals surface area contributed by atoms with Gasteiger partial charge in [0.05, 0.1) is 11.2 Å². The molecule has 0 amide bonds. The van der Waals surface area contributed by atoms with Gasteiger partial charge < -0.3 is 0 Å². The number of halogens is 1. The largest absolute Gasteiger partial charge is 0.256 e. The smallest absolute Gasteiger partial charge is 0.214 e. The third kappa shape index (κ3) is 3.06. The third-order valence-electron chi connectivity index (χ3n) is 4.20. The standard InChI is InChI=1S/C19H16FN5S/c1-12-5-3-6-13(2)18(12)25-19(22-23-24-25)26-11-15-10-16(20)9-14-7-4-8-21-17(14)15/h3-10H,11H2,1-2H3. The highest BCUT2D eigenvalue weighted by molar-refractivity contribution is 7.98. The molecule has 2 heterocycles. The Labute approximate surface area is 154 Å². The topological polar surface area (TPSA) is 56.5 Å². The van der Waals surface area contributed by atoms with Crippen LogP contribution in [0.2, 0.25) is 0 Å². The van der Waals surface area contributed by atoms with E-state index >= 15 is 0 Å². The third-order valence-corrected chi connectivity index (χ3v) is 5.17. The van der Waals surface area contributed by atoms with Crippen molar-refractivity contribution in [3.8, 4) is 5.69 Å². The predicted molar refractivity (Wildman–Crippen MR) is 99.9 cm³/mol. The van der Waals surface area contributed by atoms with E-state index in [9.17, 15) is 4.39 Å². The summed E-state index contributed by atoms with van der Waals surface area (Å²) in [6, 6.07) is 12.8. The molecule has 0 spiro atoms. The second-order valence-corrected chi connectivity index (χ2v) is 6.98. The fourth-order valence-electron chi connectivity index (χ4n) is 3.03. The number of hydrogen-bond acceptors (Lipinski definition) is 5. The van der Waals surface area contributed by atoms with Gasteiger partial charge in [-0.1, -0.05) is 36.0 Å². The molecule has 0 radical (unpaired) electrons. The van der Waals surface area contributed by atoms with Crippen LogP contribution in [0.4, 0.5) is 4.39 Å². The quantitative estimate of drug-likeness (QED) is 0.506. The SMILES string of the molecule is Cc1cccc(C)c1-n1nnnc1SCc1cc(F)cc2cccnc12. The van der Waals surface area contributed by atoms with Crippen LogP contribution >= 0.6 is 11.8 Å². The highest BCUT2D eigenvalue weighted by Gasteiger charge is 2.14. The lowest BCUT2D eigenvalue weighted by atomic mass is 10.1. The summed E-state index contributed by atoms with van der Waals surface area (Å²) < 4.78 is 15.7. The van der Waals surface area contributed by atoms with Crippen molar-refractivity contribution < 1.29 is 4.39 Å². The summed E-state index contributed by atoms with van der Waals surface area (Å²) in [5.41, 5.74) is 4.78. The Morgan fingerprint density at radius 2 is 1.88 bits per heavy atom. The van der Waals surface area contributed by atoms with Crippen LogP contribution in [0, 0.1) is 19.7 Å². The molecule has 0 N–H and O–H groups in total. The first-order chi connectivity index (χ1) is 12.6. The van der Waals surface area contributed by atoms with Crippen LogP contribution in [-0.4, -0.2) is 25.2 Å². The molecule has 2 aromatic heterocycles. The van der Waals surface area contributed by atoms with Gasteiger partial charge >= 0.3 is 0 Å². The van der Waals surface area contributed by atoms with Crippen LogP contribution in [0.1, 0.15) is 16.7 Å². The minimum atomic E-state index is -0.268. The van der Waals surface area contributed by atoms with Crippen molar-refractivity contribution in [3.63, 3.8) is 0 Å². The minimum Gasteiger partial charge on any atom is -0.256 e. The lowest BCUT2D eigenvalue weighted by Crippen LogP contribution is -2.04. The molecule has 0 bridgehead atoms. The molecule has 5 nitrogen and oxygen atoms in total. The molecule has 130 valence electrons. The van der Waals surface area contributed by atoms with Crippen molar-refractivity contribution in [2.75, 3.05) is 0 Å². The minimum absolute atomic E-state index is 0.268. The molecule has 4 rings (SSSR count). The van der Waals surface area contributed by atoms with Gasteiger partial charge in [0, 0.05) is 17.3 Å². The summed E-state index contributed by atoms with van der Waals surface area (Å²) in [6.45, 7) is 4.06. The summed E-state index contributed by atoms with van der Waals surface area (Å²) in [4.78, 5) is 4.39. The van der Waals surface area contributed by atoms with Crippen LogP contribution in [0.15, 0.2) is 53.8 Å². The van der Waals surface area contributed by atoms with Gasteiger partial charge in [0.25, 0.3) is 0 Å². The van der Waals surface area contributed by atoms with Crippen molar-refractivity contribution in [1.29, 1.82) is 0 Å². The summed E-state index contributed by atoms with van der Waals surface area (Å²) in [6.07, 6.45) is 1.72. The molecule has 2 aromatic carbocycles. The Hall–Kier alpha value is -2.80. The molecule has 0 unspecified atom stereocenters. The molecule has 0 fully saturated rings. The van der Waals surface area contributed by atoms with E-state index in [4.69, 9.17) is 0 Å². The van der Waals surface area contributed by atoms with E-state index in [1.165, 1.54) is 23.9 Å². The molecule has 0 aliphatic heterocycles. The number of fused-ring (bicyclic) bond motifs is 1. The summed E-state index contributed by atoms with van der Waals surface area (Å²) in [5, 5.41) is 13.6. The number of nitrogens with zero attached hydrogens (tertiary/aromatic N) is 5. The van der Waals surface area contributed by atoms with Crippen molar-refractivity contribution in [1.82, 2.24) is 25.2 Å². The second-order valence-electron chi connectivity index (χ2n) is 6.04. The van der Waals surface area contributed by atoms with Gasteiger partial charge in [0.2, 0.25) is 5.16 Å². The zero-order valence-electron chi connectivity index (χ0n) is 14.3. The highest BCUT2D eigenvalue weighted by atomic mass is 32.2. The van der Waals surface area contributed by atoms with E-state index < -0.39 is 0 Å². The van der Waals surface area contributed by atoms with Crippen LogP contribution in [0.25, 0.3) is 16.6 Å². The number of thioether (sulfide) groups is 1. The van der Waals surface area contributed by atoms with Gasteiger partial charge in [-0.3, -0.25) is 4.98 Å². The molecule has 7 heteroatoms. The Morgan fingerprint density at radius 1 is 1.08 bits per heavy atom. The van der Waals surface area contributed by atoms with Crippen molar-refractivity contribution in [3.05, 3.63) is 71.2 Å². The summed E-state index contributed by atoms with van der Waals surface area (Å²) in [7, 11) is 0. The maximum atomic E-state index is 13.9. The van der Waals surface area contributed by atoms with E-state index in [2.05, 4.69) is 20.5 Å². The lowest BCUT2D eigenvalue weighted by Gasteiger charge is -2.11. The zero-order chi connectivity index (χ0) is 18.1. The van der Waals surface area contributed by atoms with Crippen molar-refractivity contribution >= 4 is 22.7 Å². The van der Waals surface area contributed by atoms with Crippen molar-refractivity contribution in [2.24, 2.45) is 0 Å². The predicted octanol–water partition coefficient (Wildman–Crippen LogP) is 4.26. The number of aryl methyl sites for hydroxylation is 2. The first-order valence-electron chi connectivity index (χ1n) is 8.14. The van der Waals surface area contributed by atoms with E-state index in [1.807, 2.05) is 38.1 Å². The summed E-state index contributed by atoms with van der Waals surface area (Å²) in [5.74, 6) is 0.256. The molecule has 26 heavy (non-hydrogen) atoms. The van der Waals surface area contributed by atoms with E-state index in [1.54, 1.807) is 16.9 Å². The number of para-hydroxylation sites is 1. The molecule has 0 atom stereocenters. The molecule has 4 aromatic rings. The number of pyridine rings is 1. The number of rotatable bonds is 4. The Bertz CT molecular complexity index is 1070. The number of aromatic nitrogens is 5. The maximum Gasteiger partial charge on any atom is 0.214 e. The Balaban J connectivity index is 1.68. The number of benzene rings is 2. The van der Waals surface area contributed by atoms with Gasteiger partial charge in [0.15, 0.2) is 0 Å². The van der Waals surface area contributed by atoms with Gasteiger partial charge in [-0.15, -0.1) is 5.10 Å². The fraction of sp³-hybridized carbons (Fsp3) is 0.158. The highest BCUT2D eigenvalue weighted by Crippen LogP contribution is 2.28. The molecular formula is C19H16FN5S. The van der Waals surface area contributed by atoms with Crippen LogP contribution in [-0.2, 0) is 5.75 Å². The fourth-order valence-corrected chi connectivity index (χ4v) is 3.88. The van der Waals surface area contributed by atoms with E-state index in [0.717, 1.165) is 33.3 Å². The van der Waals surface area contributed by atoms with E-state index in [0.29, 0.717) is 10.9 Å². The summed E-state index contributed by atoms with van der Waals surface area (Å²) >= 11 is 1.46. The Morgan fingerprint density at radius 3 is 2.69 bits per heavy atom. The van der Waals surface area contributed by atoms with Crippen molar-refractivity contribution in [2.45, 2.75) is 24.8 Å². The first-order valence-corrected chi connectivity index (χ1v) is 9.13. The van der Waals surface area contributed by atoms with E-state index in [-0.39, 0.29) is 5.82 Å². The average Bonchev–Trinajstić information content (AvgIpc) is 3.07. The molecule has 0 aliphatic carbocycles. The van der Waals surface area contributed by atoms with Crippen LogP contribution < -0.4 is 0 Å². The monoisotopic (exact) mass is 365 g/mol. The number of hydrogen-bond donors (Lipinski definition) is 0. The normalized spacial score (nSPS) is 11.2. The zero-order valence-corrected chi connectivity index (χ0v) is 15.2. The molecule has 0 saturated heterocycles. The first kappa shape index (κ1) is 16.7.